The normalized spacial score (nSPS) is 22.4. The van der Waals surface area contributed by atoms with Crippen LogP contribution in [0.15, 0.2) is 60.8 Å². The van der Waals surface area contributed by atoms with E-state index < -0.39 is 5.54 Å². The minimum absolute atomic E-state index is 0.0726. The third-order valence-electron chi connectivity index (χ3n) is 5.76. The minimum Gasteiger partial charge on any atom is -0.335 e. The van der Waals surface area contributed by atoms with Crippen LogP contribution in [-0.4, -0.2) is 45.2 Å². The van der Waals surface area contributed by atoms with E-state index >= 15 is 0 Å². The molecule has 2 aliphatic heterocycles. The summed E-state index contributed by atoms with van der Waals surface area (Å²) in [6.07, 6.45) is 8.45. The standard InChI is InChI=1S/C23H25N3O2/c27-21(12-11-19-8-2-1-3-9-19)26-17-7-14-23(26)13-6-16-25(22(23)28)18-20-10-4-5-15-24-20/h1-5,8-12,15H,6-7,13-14,16-18H2. The molecule has 144 valence electrons. The molecule has 5 heteroatoms. The van der Waals surface area contributed by atoms with Crippen LogP contribution >= 0.6 is 0 Å². The lowest BCUT2D eigenvalue weighted by atomic mass is 9.85. The number of likely N-dealkylation sites (tertiary alicyclic amines) is 2. The maximum Gasteiger partial charge on any atom is 0.248 e. The Kier molecular flexibility index (Phi) is 5.24. The van der Waals surface area contributed by atoms with Gasteiger partial charge >= 0.3 is 0 Å². The molecule has 2 aliphatic rings. The zero-order chi connectivity index (χ0) is 19.4. The summed E-state index contributed by atoms with van der Waals surface area (Å²) in [5, 5.41) is 0. The van der Waals surface area contributed by atoms with Crippen LogP contribution in [0, 0.1) is 0 Å². The van der Waals surface area contributed by atoms with Crippen LogP contribution in [-0.2, 0) is 16.1 Å². The fraction of sp³-hybridized carbons (Fsp3) is 0.348. The van der Waals surface area contributed by atoms with Gasteiger partial charge in [-0.1, -0.05) is 36.4 Å². The number of nitrogens with zero attached hydrogens (tertiary/aromatic N) is 3. The molecule has 2 amide bonds. The van der Waals surface area contributed by atoms with E-state index in [0.29, 0.717) is 13.1 Å². The van der Waals surface area contributed by atoms with E-state index in [2.05, 4.69) is 4.98 Å². The molecule has 0 N–H and O–H groups in total. The van der Waals surface area contributed by atoms with Gasteiger partial charge in [-0.2, -0.15) is 0 Å². The van der Waals surface area contributed by atoms with Crippen molar-refractivity contribution in [3.63, 3.8) is 0 Å². The number of rotatable bonds is 4. The highest BCUT2D eigenvalue weighted by Crippen LogP contribution is 2.38. The molecule has 1 unspecified atom stereocenters. The fourth-order valence-electron chi connectivity index (χ4n) is 4.41. The number of hydrogen-bond acceptors (Lipinski definition) is 3. The first-order valence-corrected chi connectivity index (χ1v) is 9.93. The average Bonchev–Trinajstić information content (AvgIpc) is 3.16. The summed E-state index contributed by atoms with van der Waals surface area (Å²) in [5.41, 5.74) is 1.18. The zero-order valence-electron chi connectivity index (χ0n) is 16.0. The molecule has 4 rings (SSSR count). The molecule has 2 aromatic rings. The molecule has 1 aromatic heterocycles. The Hall–Kier alpha value is -2.95. The number of aromatic nitrogens is 1. The molecule has 5 nitrogen and oxygen atoms in total. The summed E-state index contributed by atoms with van der Waals surface area (Å²) < 4.78 is 0. The first-order chi connectivity index (χ1) is 13.7. The lowest BCUT2D eigenvalue weighted by Crippen LogP contribution is -2.60. The second-order valence-electron chi connectivity index (χ2n) is 7.52. The first-order valence-electron chi connectivity index (χ1n) is 9.93. The van der Waals surface area contributed by atoms with Gasteiger partial charge < -0.3 is 9.80 Å². The predicted molar refractivity (Wildman–Crippen MR) is 108 cm³/mol. The van der Waals surface area contributed by atoms with Crippen molar-refractivity contribution in [1.82, 2.24) is 14.8 Å². The van der Waals surface area contributed by atoms with Crippen LogP contribution in [0.5, 0.6) is 0 Å². The van der Waals surface area contributed by atoms with Crippen molar-refractivity contribution in [1.29, 1.82) is 0 Å². The zero-order valence-corrected chi connectivity index (χ0v) is 16.0. The van der Waals surface area contributed by atoms with Crippen molar-refractivity contribution in [2.45, 2.75) is 37.8 Å². The number of hydrogen-bond donors (Lipinski definition) is 0. The molecule has 3 heterocycles. The molecule has 28 heavy (non-hydrogen) atoms. The lowest BCUT2D eigenvalue weighted by Gasteiger charge is -2.44. The van der Waals surface area contributed by atoms with Crippen LogP contribution < -0.4 is 0 Å². The summed E-state index contributed by atoms with van der Waals surface area (Å²) in [7, 11) is 0. The first kappa shape index (κ1) is 18.4. The van der Waals surface area contributed by atoms with Gasteiger partial charge in [0.05, 0.1) is 12.2 Å². The van der Waals surface area contributed by atoms with E-state index in [1.807, 2.05) is 59.5 Å². The number of piperidine rings is 1. The Labute approximate surface area is 165 Å². The molecule has 1 spiro atoms. The monoisotopic (exact) mass is 375 g/mol. The summed E-state index contributed by atoms with van der Waals surface area (Å²) in [5.74, 6) is -0.00208. The van der Waals surface area contributed by atoms with Crippen LogP contribution in [0.25, 0.3) is 6.08 Å². The molecule has 2 fully saturated rings. The van der Waals surface area contributed by atoms with E-state index in [0.717, 1.165) is 43.5 Å². The third kappa shape index (κ3) is 3.57. The Morgan fingerprint density at radius 2 is 1.79 bits per heavy atom. The minimum atomic E-state index is -0.689. The number of pyridine rings is 1. The van der Waals surface area contributed by atoms with Crippen molar-refractivity contribution in [3.8, 4) is 0 Å². The smallest absolute Gasteiger partial charge is 0.248 e. The van der Waals surface area contributed by atoms with E-state index in [4.69, 9.17) is 0 Å². The molecule has 0 aliphatic carbocycles. The van der Waals surface area contributed by atoms with Crippen molar-refractivity contribution in [2.75, 3.05) is 13.1 Å². The van der Waals surface area contributed by atoms with Gasteiger partial charge in [-0.05, 0) is 49.5 Å². The summed E-state index contributed by atoms with van der Waals surface area (Å²) in [4.78, 5) is 34.4. The Morgan fingerprint density at radius 1 is 1.04 bits per heavy atom. The van der Waals surface area contributed by atoms with Gasteiger partial charge in [0.2, 0.25) is 11.8 Å². The van der Waals surface area contributed by atoms with E-state index in [9.17, 15) is 9.59 Å². The molecule has 1 atom stereocenters. The Balaban J connectivity index is 1.52. The predicted octanol–water partition coefficient (Wildman–Crippen LogP) is 3.28. The van der Waals surface area contributed by atoms with Gasteiger partial charge in [0.15, 0.2) is 0 Å². The molecular weight excluding hydrogens is 350 g/mol. The average molecular weight is 375 g/mol. The van der Waals surface area contributed by atoms with Gasteiger partial charge in [-0.3, -0.25) is 14.6 Å². The van der Waals surface area contributed by atoms with E-state index in [-0.39, 0.29) is 11.8 Å². The second kappa shape index (κ2) is 7.97. The van der Waals surface area contributed by atoms with Crippen LogP contribution in [0.1, 0.15) is 36.9 Å². The van der Waals surface area contributed by atoms with E-state index in [1.54, 1.807) is 17.2 Å². The molecular formula is C23H25N3O2. The second-order valence-corrected chi connectivity index (χ2v) is 7.52. The molecule has 0 bridgehead atoms. The van der Waals surface area contributed by atoms with Gasteiger partial charge in [0.25, 0.3) is 0 Å². The number of amides is 2. The van der Waals surface area contributed by atoms with Gasteiger partial charge in [0.1, 0.15) is 5.54 Å². The maximum absolute atomic E-state index is 13.4. The van der Waals surface area contributed by atoms with Crippen molar-refractivity contribution >= 4 is 17.9 Å². The Morgan fingerprint density at radius 3 is 2.54 bits per heavy atom. The number of carbonyl (C=O) groups excluding carboxylic acids is 2. The molecule has 0 radical (unpaired) electrons. The van der Waals surface area contributed by atoms with Gasteiger partial charge in [-0.15, -0.1) is 0 Å². The van der Waals surface area contributed by atoms with Crippen molar-refractivity contribution in [2.24, 2.45) is 0 Å². The summed E-state index contributed by atoms with van der Waals surface area (Å²) >= 11 is 0. The van der Waals surface area contributed by atoms with E-state index in [1.165, 1.54) is 0 Å². The highest BCUT2D eigenvalue weighted by molar-refractivity contribution is 5.98. The quantitative estimate of drug-likeness (QED) is 0.771. The number of benzene rings is 1. The summed E-state index contributed by atoms with van der Waals surface area (Å²) in [6, 6.07) is 15.5. The summed E-state index contributed by atoms with van der Waals surface area (Å²) in [6.45, 7) is 1.86. The van der Waals surface area contributed by atoms with Crippen molar-refractivity contribution in [3.05, 3.63) is 72.1 Å². The van der Waals surface area contributed by atoms with Crippen LogP contribution in [0.3, 0.4) is 0 Å². The van der Waals surface area contributed by atoms with Gasteiger partial charge in [-0.25, -0.2) is 0 Å². The van der Waals surface area contributed by atoms with Crippen molar-refractivity contribution < 1.29 is 9.59 Å². The highest BCUT2D eigenvalue weighted by Gasteiger charge is 2.52. The Bertz CT molecular complexity index is 866. The molecule has 1 aromatic carbocycles. The largest absolute Gasteiger partial charge is 0.335 e. The molecule has 0 saturated carbocycles. The van der Waals surface area contributed by atoms with Crippen LogP contribution in [0.2, 0.25) is 0 Å². The van der Waals surface area contributed by atoms with Crippen LogP contribution in [0.4, 0.5) is 0 Å². The third-order valence-corrected chi connectivity index (χ3v) is 5.76. The SMILES string of the molecule is O=C(C=Cc1ccccc1)N1CCCC12CCCN(Cc1ccccn1)C2=O. The number of carbonyl (C=O) groups is 2. The molecule has 2 saturated heterocycles. The topological polar surface area (TPSA) is 53.5 Å². The fourth-order valence-corrected chi connectivity index (χ4v) is 4.41. The lowest BCUT2D eigenvalue weighted by molar-refractivity contribution is -0.154. The van der Waals surface area contributed by atoms with Gasteiger partial charge in [0, 0.05) is 25.4 Å². The highest BCUT2D eigenvalue weighted by atomic mass is 16.2. The maximum atomic E-state index is 13.4.